The van der Waals surface area contributed by atoms with Gasteiger partial charge >= 0.3 is 0 Å². The number of piperidine rings is 1. The van der Waals surface area contributed by atoms with Gasteiger partial charge in [0.25, 0.3) is 0 Å². The van der Waals surface area contributed by atoms with E-state index in [0.717, 1.165) is 18.7 Å². The summed E-state index contributed by atoms with van der Waals surface area (Å²) in [5.41, 5.74) is 1.04. The maximum Gasteiger partial charge on any atom is 0.165 e. The number of nitrogens with one attached hydrogen (secondary N) is 1. The van der Waals surface area contributed by atoms with Crippen molar-refractivity contribution in [1.82, 2.24) is 10.2 Å². The molecule has 19 heavy (non-hydrogen) atoms. The summed E-state index contributed by atoms with van der Waals surface area (Å²) in [5.74, 6) is 0.561. The second-order valence-corrected chi connectivity index (χ2v) is 5.28. The van der Waals surface area contributed by atoms with E-state index < -0.39 is 0 Å². The number of benzene rings is 1. The Morgan fingerprint density at radius 1 is 1.47 bits per heavy atom. The van der Waals surface area contributed by atoms with E-state index in [1.54, 1.807) is 12.1 Å². The van der Waals surface area contributed by atoms with Crippen LogP contribution in [0.1, 0.15) is 24.4 Å². The van der Waals surface area contributed by atoms with E-state index in [-0.39, 0.29) is 11.9 Å². The van der Waals surface area contributed by atoms with E-state index in [1.165, 1.54) is 20.0 Å². The third kappa shape index (κ3) is 3.07. The molecule has 3 nitrogen and oxygen atoms in total. The Bertz CT molecular complexity index is 423. The van der Waals surface area contributed by atoms with Gasteiger partial charge in [-0.05, 0) is 63.6 Å². The molecular formula is C15H23FN2O. The van der Waals surface area contributed by atoms with Crippen molar-refractivity contribution in [3.8, 4) is 5.75 Å². The van der Waals surface area contributed by atoms with Gasteiger partial charge in [-0.25, -0.2) is 4.39 Å². The molecule has 4 heteroatoms. The minimum atomic E-state index is -0.276. The minimum absolute atomic E-state index is 0.276. The van der Waals surface area contributed by atoms with Crippen molar-refractivity contribution in [2.24, 2.45) is 5.92 Å². The van der Waals surface area contributed by atoms with E-state index in [1.807, 2.05) is 13.1 Å². The number of rotatable bonds is 4. The number of ether oxygens (including phenoxy) is 1. The summed E-state index contributed by atoms with van der Waals surface area (Å²) in [6.07, 6.45) is 2.39. The van der Waals surface area contributed by atoms with Gasteiger partial charge in [-0.3, -0.25) is 4.90 Å². The molecule has 0 saturated carbocycles. The first-order valence-electron chi connectivity index (χ1n) is 6.85. The van der Waals surface area contributed by atoms with E-state index in [9.17, 15) is 4.39 Å². The highest BCUT2D eigenvalue weighted by atomic mass is 19.1. The molecule has 2 atom stereocenters. The molecule has 106 valence electrons. The van der Waals surface area contributed by atoms with Crippen molar-refractivity contribution in [2.75, 3.05) is 34.3 Å². The molecule has 2 unspecified atom stereocenters. The standard InChI is InChI=1S/C15H23FN2O/c1-17-10-12-5-4-8-18(2)15(12)11-6-7-14(19-3)13(16)9-11/h6-7,9,12,15,17H,4-5,8,10H2,1-3H3. The van der Waals surface area contributed by atoms with Crippen LogP contribution >= 0.6 is 0 Å². The monoisotopic (exact) mass is 266 g/mol. The minimum Gasteiger partial charge on any atom is -0.494 e. The summed E-state index contributed by atoms with van der Waals surface area (Å²) in [7, 11) is 5.59. The fourth-order valence-electron chi connectivity index (χ4n) is 3.13. The van der Waals surface area contributed by atoms with E-state index in [4.69, 9.17) is 4.74 Å². The number of likely N-dealkylation sites (tertiary alicyclic amines) is 1. The predicted molar refractivity (Wildman–Crippen MR) is 75.0 cm³/mol. The Hall–Kier alpha value is -1.13. The van der Waals surface area contributed by atoms with Gasteiger partial charge in [0.2, 0.25) is 0 Å². The lowest BCUT2D eigenvalue weighted by Crippen LogP contribution is -2.39. The van der Waals surface area contributed by atoms with Crippen LogP contribution in [0.2, 0.25) is 0 Å². The van der Waals surface area contributed by atoms with Crippen LogP contribution in [0.15, 0.2) is 18.2 Å². The highest BCUT2D eigenvalue weighted by molar-refractivity contribution is 5.31. The highest BCUT2D eigenvalue weighted by Crippen LogP contribution is 2.35. The van der Waals surface area contributed by atoms with Crippen molar-refractivity contribution >= 4 is 0 Å². The summed E-state index contributed by atoms with van der Waals surface area (Å²) in [4.78, 5) is 2.33. The SMILES string of the molecule is CNCC1CCCN(C)C1c1ccc(OC)c(F)c1. The maximum absolute atomic E-state index is 13.9. The molecule has 1 saturated heterocycles. The molecule has 1 fully saturated rings. The molecule has 0 aliphatic carbocycles. The second-order valence-electron chi connectivity index (χ2n) is 5.28. The first-order chi connectivity index (χ1) is 9.17. The number of hydrogen-bond acceptors (Lipinski definition) is 3. The quantitative estimate of drug-likeness (QED) is 0.906. The maximum atomic E-state index is 13.9. The lowest BCUT2D eigenvalue weighted by molar-refractivity contribution is 0.120. The van der Waals surface area contributed by atoms with Gasteiger partial charge in [-0.2, -0.15) is 0 Å². The van der Waals surface area contributed by atoms with Gasteiger partial charge in [0.1, 0.15) is 0 Å². The Kier molecular flexibility index (Phi) is 4.77. The van der Waals surface area contributed by atoms with Crippen molar-refractivity contribution in [3.63, 3.8) is 0 Å². The largest absolute Gasteiger partial charge is 0.494 e. The Balaban J connectivity index is 2.27. The van der Waals surface area contributed by atoms with Crippen LogP contribution in [0.3, 0.4) is 0 Å². The molecule has 0 radical (unpaired) electrons. The molecule has 1 aliphatic rings. The van der Waals surface area contributed by atoms with E-state index in [2.05, 4.69) is 17.3 Å². The molecule has 2 rings (SSSR count). The summed E-state index contributed by atoms with van der Waals surface area (Å²) < 4.78 is 18.9. The molecular weight excluding hydrogens is 243 g/mol. The van der Waals surface area contributed by atoms with Gasteiger partial charge in [0.15, 0.2) is 11.6 Å². The average Bonchev–Trinajstić information content (AvgIpc) is 2.39. The average molecular weight is 266 g/mol. The van der Waals surface area contributed by atoms with Crippen LogP contribution in [-0.4, -0.2) is 39.2 Å². The zero-order valence-corrected chi connectivity index (χ0v) is 11.9. The van der Waals surface area contributed by atoms with Gasteiger partial charge < -0.3 is 10.1 Å². The van der Waals surface area contributed by atoms with Gasteiger partial charge in [-0.15, -0.1) is 0 Å². The van der Waals surface area contributed by atoms with E-state index >= 15 is 0 Å². The lowest BCUT2D eigenvalue weighted by atomic mass is 9.85. The van der Waals surface area contributed by atoms with Crippen molar-refractivity contribution < 1.29 is 9.13 Å². The van der Waals surface area contributed by atoms with Crippen LogP contribution in [-0.2, 0) is 0 Å². The van der Waals surface area contributed by atoms with Crippen LogP contribution in [0.4, 0.5) is 4.39 Å². The van der Waals surface area contributed by atoms with Crippen LogP contribution in [0, 0.1) is 11.7 Å². The van der Waals surface area contributed by atoms with Gasteiger partial charge in [0, 0.05) is 6.04 Å². The van der Waals surface area contributed by atoms with Gasteiger partial charge in [-0.1, -0.05) is 6.07 Å². The summed E-state index contributed by atoms with van der Waals surface area (Å²) in [5, 5.41) is 3.25. The summed E-state index contributed by atoms with van der Waals surface area (Å²) in [6.45, 7) is 2.03. The molecule has 0 bridgehead atoms. The van der Waals surface area contributed by atoms with Crippen LogP contribution in [0.25, 0.3) is 0 Å². The van der Waals surface area contributed by atoms with Crippen LogP contribution < -0.4 is 10.1 Å². The highest BCUT2D eigenvalue weighted by Gasteiger charge is 2.30. The van der Waals surface area contributed by atoms with Gasteiger partial charge in [0.05, 0.1) is 7.11 Å². The number of nitrogens with zero attached hydrogens (tertiary/aromatic N) is 1. The van der Waals surface area contributed by atoms with Crippen molar-refractivity contribution in [2.45, 2.75) is 18.9 Å². The molecule has 0 spiro atoms. The Morgan fingerprint density at radius 2 is 2.26 bits per heavy atom. The van der Waals surface area contributed by atoms with E-state index in [0.29, 0.717) is 11.7 Å². The molecule has 1 aromatic carbocycles. The molecule has 1 heterocycles. The topological polar surface area (TPSA) is 24.5 Å². The zero-order chi connectivity index (χ0) is 13.8. The number of methoxy groups -OCH3 is 1. The van der Waals surface area contributed by atoms with Crippen molar-refractivity contribution in [1.29, 1.82) is 0 Å². The zero-order valence-electron chi connectivity index (χ0n) is 11.9. The molecule has 0 aromatic heterocycles. The fourth-order valence-corrected chi connectivity index (χ4v) is 3.13. The second kappa shape index (κ2) is 6.35. The van der Waals surface area contributed by atoms with Crippen LogP contribution in [0.5, 0.6) is 5.75 Å². The fraction of sp³-hybridized carbons (Fsp3) is 0.600. The molecule has 1 aliphatic heterocycles. The Morgan fingerprint density at radius 3 is 2.89 bits per heavy atom. The predicted octanol–water partition coefficient (Wildman–Crippen LogP) is 2.44. The third-order valence-electron chi connectivity index (χ3n) is 3.99. The Labute approximate surface area is 114 Å². The summed E-state index contributed by atoms with van der Waals surface area (Å²) >= 11 is 0. The lowest BCUT2D eigenvalue weighted by Gasteiger charge is -2.39. The van der Waals surface area contributed by atoms with Crippen molar-refractivity contribution in [3.05, 3.63) is 29.6 Å². The normalized spacial score (nSPS) is 24.4. The first kappa shape index (κ1) is 14.3. The third-order valence-corrected chi connectivity index (χ3v) is 3.99. The molecule has 1 aromatic rings. The molecule has 1 N–H and O–H groups in total. The summed E-state index contributed by atoms with van der Waals surface area (Å²) in [6, 6.07) is 5.61. The smallest absolute Gasteiger partial charge is 0.165 e. The number of hydrogen-bond donors (Lipinski definition) is 1. The first-order valence-corrected chi connectivity index (χ1v) is 6.85. The molecule has 0 amide bonds. The number of halogens is 1.